The van der Waals surface area contributed by atoms with Gasteiger partial charge in [-0.25, -0.2) is 8.78 Å². The Labute approximate surface area is 110 Å². The smallest absolute Gasteiger partial charge is 0.162 e. The van der Waals surface area contributed by atoms with Gasteiger partial charge in [-0.3, -0.25) is 4.79 Å². The molecule has 0 amide bonds. The van der Waals surface area contributed by atoms with Crippen LogP contribution in [0.2, 0.25) is 0 Å². The van der Waals surface area contributed by atoms with Gasteiger partial charge < -0.3 is 4.74 Å². The fraction of sp³-hybridized carbons (Fsp3) is 0. The van der Waals surface area contributed by atoms with E-state index in [9.17, 15) is 13.6 Å². The minimum atomic E-state index is -0.979. The fourth-order valence-electron chi connectivity index (χ4n) is 1.34. The fourth-order valence-corrected chi connectivity index (χ4v) is 1.82. The highest BCUT2D eigenvalue weighted by Crippen LogP contribution is 2.30. The molecule has 0 aromatic heterocycles. The van der Waals surface area contributed by atoms with Crippen LogP contribution in [0.15, 0.2) is 40.9 Å². The summed E-state index contributed by atoms with van der Waals surface area (Å²) in [6.45, 7) is 0. The molecule has 2 aromatic rings. The molecule has 0 aliphatic carbocycles. The zero-order valence-corrected chi connectivity index (χ0v) is 10.6. The predicted octanol–water partition coefficient (Wildman–Crippen LogP) is 4.33. The molecule has 0 aliphatic rings. The summed E-state index contributed by atoms with van der Waals surface area (Å²) in [5.74, 6) is -1.33. The van der Waals surface area contributed by atoms with E-state index in [0.717, 1.165) is 12.1 Å². The van der Waals surface area contributed by atoms with Gasteiger partial charge in [0.05, 0.1) is 4.47 Å². The third-order valence-corrected chi connectivity index (χ3v) is 2.83. The van der Waals surface area contributed by atoms with Crippen molar-refractivity contribution in [2.75, 3.05) is 0 Å². The first-order valence-corrected chi connectivity index (χ1v) is 5.77. The third kappa shape index (κ3) is 2.73. The topological polar surface area (TPSA) is 26.3 Å². The molecule has 0 N–H and O–H groups in total. The second kappa shape index (κ2) is 5.27. The normalized spacial score (nSPS) is 10.2. The SMILES string of the molecule is O=Cc1ccc(Oc2ccc(F)c(F)c2)c(Br)c1. The van der Waals surface area contributed by atoms with Gasteiger partial charge in [-0.2, -0.15) is 0 Å². The average molecular weight is 313 g/mol. The summed E-state index contributed by atoms with van der Waals surface area (Å²) in [7, 11) is 0. The molecular weight excluding hydrogens is 306 g/mol. The van der Waals surface area contributed by atoms with Crippen LogP contribution in [0.3, 0.4) is 0 Å². The van der Waals surface area contributed by atoms with Gasteiger partial charge in [0.1, 0.15) is 17.8 Å². The van der Waals surface area contributed by atoms with E-state index in [2.05, 4.69) is 15.9 Å². The molecule has 2 aromatic carbocycles. The lowest BCUT2D eigenvalue weighted by molar-refractivity contribution is 0.112. The van der Waals surface area contributed by atoms with Gasteiger partial charge in [-0.1, -0.05) is 0 Å². The minimum absolute atomic E-state index is 0.174. The Morgan fingerprint density at radius 3 is 2.44 bits per heavy atom. The Balaban J connectivity index is 2.28. The Hall–Kier alpha value is -1.75. The number of rotatable bonds is 3. The van der Waals surface area contributed by atoms with E-state index in [0.29, 0.717) is 22.1 Å². The number of carbonyl (C=O) groups excluding carboxylic acids is 1. The molecule has 0 bridgehead atoms. The van der Waals surface area contributed by atoms with Gasteiger partial charge in [0.25, 0.3) is 0 Å². The van der Waals surface area contributed by atoms with Crippen LogP contribution in [0, 0.1) is 11.6 Å². The lowest BCUT2D eigenvalue weighted by atomic mass is 10.2. The Morgan fingerprint density at radius 1 is 1.06 bits per heavy atom. The highest BCUT2D eigenvalue weighted by atomic mass is 79.9. The van der Waals surface area contributed by atoms with Crippen LogP contribution in [0.25, 0.3) is 0 Å². The molecule has 0 saturated carbocycles. The summed E-state index contributed by atoms with van der Waals surface area (Å²) in [5, 5.41) is 0. The van der Waals surface area contributed by atoms with E-state index < -0.39 is 11.6 Å². The number of benzene rings is 2. The predicted molar refractivity (Wildman–Crippen MR) is 66.0 cm³/mol. The summed E-state index contributed by atoms with van der Waals surface area (Å²) >= 11 is 3.23. The molecule has 92 valence electrons. The van der Waals surface area contributed by atoms with Gasteiger partial charge in [0.2, 0.25) is 0 Å². The molecular formula is C13H7BrF2O2. The Kier molecular flexibility index (Phi) is 3.72. The van der Waals surface area contributed by atoms with Crippen LogP contribution in [-0.4, -0.2) is 6.29 Å². The molecule has 2 rings (SSSR count). The van der Waals surface area contributed by atoms with Crippen molar-refractivity contribution in [2.24, 2.45) is 0 Å². The van der Waals surface area contributed by atoms with Crippen molar-refractivity contribution in [3.8, 4) is 11.5 Å². The number of hydrogen-bond acceptors (Lipinski definition) is 2. The standard InChI is InChI=1S/C13H7BrF2O2/c14-10-5-8(7-17)1-4-13(10)18-9-2-3-11(15)12(16)6-9/h1-7H. The Bertz CT molecular complexity index is 600. The molecule has 2 nitrogen and oxygen atoms in total. The summed E-state index contributed by atoms with van der Waals surface area (Å²) in [6.07, 6.45) is 0.700. The maximum absolute atomic E-state index is 13.0. The molecule has 0 heterocycles. The first-order valence-electron chi connectivity index (χ1n) is 4.98. The van der Waals surface area contributed by atoms with Gasteiger partial charge in [-0.15, -0.1) is 0 Å². The number of aldehydes is 1. The van der Waals surface area contributed by atoms with E-state index in [1.54, 1.807) is 18.2 Å². The molecule has 5 heteroatoms. The highest BCUT2D eigenvalue weighted by Gasteiger charge is 2.07. The lowest BCUT2D eigenvalue weighted by Gasteiger charge is -2.08. The first kappa shape index (κ1) is 12.7. The van der Waals surface area contributed by atoms with E-state index in [-0.39, 0.29) is 5.75 Å². The quantitative estimate of drug-likeness (QED) is 0.788. The largest absolute Gasteiger partial charge is 0.456 e. The van der Waals surface area contributed by atoms with Crippen LogP contribution < -0.4 is 4.74 Å². The summed E-state index contributed by atoms with van der Waals surface area (Å²) in [4.78, 5) is 10.6. The van der Waals surface area contributed by atoms with Crippen molar-refractivity contribution in [3.63, 3.8) is 0 Å². The van der Waals surface area contributed by atoms with Crippen LogP contribution in [0.5, 0.6) is 11.5 Å². The number of carbonyl (C=O) groups is 1. The zero-order chi connectivity index (χ0) is 13.1. The van der Waals surface area contributed by atoms with Crippen molar-refractivity contribution in [1.82, 2.24) is 0 Å². The van der Waals surface area contributed by atoms with Crippen molar-refractivity contribution >= 4 is 22.2 Å². The summed E-state index contributed by atoms with van der Waals surface area (Å²) in [5.41, 5.74) is 0.486. The van der Waals surface area contributed by atoms with Crippen molar-refractivity contribution < 1.29 is 18.3 Å². The average Bonchev–Trinajstić information content (AvgIpc) is 2.36. The second-order valence-electron chi connectivity index (χ2n) is 3.49. The van der Waals surface area contributed by atoms with E-state index in [4.69, 9.17) is 4.74 Å². The van der Waals surface area contributed by atoms with Crippen molar-refractivity contribution in [3.05, 3.63) is 58.1 Å². The minimum Gasteiger partial charge on any atom is -0.456 e. The number of hydrogen-bond donors (Lipinski definition) is 0. The lowest BCUT2D eigenvalue weighted by Crippen LogP contribution is -1.90. The van der Waals surface area contributed by atoms with Crippen LogP contribution in [-0.2, 0) is 0 Å². The van der Waals surface area contributed by atoms with Gasteiger partial charge >= 0.3 is 0 Å². The van der Waals surface area contributed by atoms with Crippen LogP contribution in [0.1, 0.15) is 10.4 Å². The van der Waals surface area contributed by atoms with Crippen molar-refractivity contribution in [2.45, 2.75) is 0 Å². The van der Waals surface area contributed by atoms with Gasteiger partial charge in [0.15, 0.2) is 11.6 Å². The van der Waals surface area contributed by atoms with Gasteiger partial charge in [-0.05, 0) is 46.3 Å². The molecule has 0 aliphatic heterocycles. The maximum atomic E-state index is 13.0. The molecule has 0 saturated heterocycles. The second-order valence-corrected chi connectivity index (χ2v) is 4.34. The first-order chi connectivity index (χ1) is 8.60. The summed E-state index contributed by atoms with van der Waals surface area (Å²) < 4.78 is 31.7. The van der Waals surface area contributed by atoms with Crippen LogP contribution >= 0.6 is 15.9 Å². The molecule has 0 atom stereocenters. The molecule has 0 spiro atoms. The summed E-state index contributed by atoms with van der Waals surface area (Å²) in [6, 6.07) is 7.95. The molecule has 0 unspecified atom stereocenters. The zero-order valence-electron chi connectivity index (χ0n) is 8.99. The molecule has 0 radical (unpaired) electrons. The maximum Gasteiger partial charge on any atom is 0.162 e. The van der Waals surface area contributed by atoms with E-state index in [1.165, 1.54) is 6.07 Å². The monoisotopic (exact) mass is 312 g/mol. The van der Waals surface area contributed by atoms with E-state index >= 15 is 0 Å². The van der Waals surface area contributed by atoms with Gasteiger partial charge in [0, 0.05) is 11.6 Å². The van der Waals surface area contributed by atoms with Crippen LogP contribution in [0.4, 0.5) is 8.78 Å². The van der Waals surface area contributed by atoms with E-state index in [1.807, 2.05) is 0 Å². The molecule has 18 heavy (non-hydrogen) atoms. The molecule has 0 fully saturated rings. The third-order valence-electron chi connectivity index (χ3n) is 2.21. The van der Waals surface area contributed by atoms with Crippen molar-refractivity contribution in [1.29, 1.82) is 0 Å². The highest BCUT2D eigenvalue weighted by molar-refractivity contribution is 9.10. The number of ether oxygens (including phenoxy) is 1. The number of halogens is 3. The Morgan fingerprint density at radius 2 is 1.83 bits per heavy atom.